The van der Waals surface area contributed by atoms with Crippen LogP contribution in [-0.2, 0) is 37.5 Å². The molecular formula is C39H66NO10P. The summed E-state index contributed by atoms with van der Waals surface area (Å²) in [5.41, 5.74) is 5.31. The molecule has 0 bridgehead atoms. The second kappa shape index (κ2) is 34.3. The Morgan fingerprint density at radius 2 is 1.10 bits per heavy atom. The molecule has 292 valence electrons. The number of esters is 2. The third-order valence-corrected chi connectivity index (χ3v) is 8.48. The van der Waals surface area contributed by atoms with Crippen LogP contribution in [0.5, 0.6) is 0 Å². The zero-order valence-electron chi connectivity index (χ0n) is 31.2. The van der Waals surface area contributed by atoms with E-state index in [-0.39, 0.29) is 19.4 Å². The van der Waals surface area contributed by atoms with Crippen LogP contribution in [0.1, 0.15) is 136 Å². The quantitative estimate of drug-likeness (QED) is 0.0249. The summed E-state index contributed by atoms with van der Waals surface area (Å²) in [6.07, 6.45) is 37.3. The number of rotatable bonds is 34. The van der Waals surface area contributed by atoms with Crippen LogP contribution in [0.4, 0.5) is 0 Å². The molecule has 0 aliphatic heterocycles. The van der Waals surface area contributed by atoms with E-state index in [0.717, 1.165) is 51.4 Å². The van der Waals surface area contributed by atoms with E-state index in [4.69, 9.17) is 24.8 Å². The van der Waals surface area contributed by atoms with Crippen LogP contribution in [0.15, 0.2) is 60.8 Å². The molecule has 0 fully saturated rings. The van der Waals surface area contributed by atoms with Crippen molar-refractivity contribution in [3.63, 3.8) is 0 Å². The lowest BCUT2D eigenvalue weighted by Crippen LogP contribution is -2.34. The molecule has 11 nitrogen and oxygen atoms in total. The zero-order chi connectivity index (χ0) is 37.8. The van der Waals surface area contributed by atoms with Crippen molar-refractivity contribution in [2.24, 2.45) is 5.73 Å². The second-order valence-corrected chi connectivity index (χ2v) is 13.8. The summed E-state index contributed by atoms with van der Waals surface area (Å²) in [5.74, 6) is -2.46. The van der Waals surface area contributed by atoms with Crippen molar-refractivity contribution in [3.8, 4) is 0 Å². The Bertz CT molecular complexity index is 1100. The average Bonchev–Trinajstić information content (AvgIpc) is 3.10. The number of hydrogen-bond donors (Lipinski definition) is 3. The number of unbranched alkanes of at least 4 members (excludes halogenated alkanes) is 10. The van der Waals surface area contributed by atoms with E-state index < -0.39 is 51.1 Å². The summed E-state index contributed by atoms with van der Waals surface area (Å²) >= 11 is 0. The van der Waals surface area contributed by atoms with Gasteiger partial charge in [0.1, 0.15) is 12.6 Å². The monoisotopic (exact) mass is 739 g/mol. The van der Waals surface area contributed by atoms with Crippen LogP contribution in [0.3, 0.4) is 0 Å². The molecule has 4 N–H and O–H groups in total. The summed E-state index contributed by atoms with van der Waals surface area (Å²) in [5, 5.41) is 8.85. The molecule has 0 saturated heterocycles. The molecular weight excluding hydrogens is 673 g/mol. The molecule has 0 heterocycles. The fourth-order valence-corrected chi connectivity index (χ4v) is 5.35. The van der Waals surface area contributed by atoms with Gasteiger partial charge in [-0.15, -0.1) is 0 Å². The largest absolute Gasteiger partial charge is 0.480 e. The molecule has 0 aromatic carbocycles. The lowest BCUT2D eigenvalue weighted by molar-refractivity contribution is -0.161. The third kappa shape index (κ3) is 34.1. The Labute approximate surface area is 307 Å². The van der Waals surface area contributed by atoms with Crippen LogP contribution in [0.25, 0.3) is 0 Å². The van der Waals surface area contributed by atoms with Crippen molar-refractivity contribution in [1.82, 2.24) is 0 Å². The normalized spacial score (nSPS) is 14.6. The van der Waals surface area contributed by atoms with Gasteiger partial charge in [-0.3, -0.25) is 23.4 Å². The Morgan fingerprint density at radius 1 is 0.627 bits per heavy atom. The molecule has 51 heavy (non-hydrogen) atoms. The average molecular weight is 740 g/mol. The van der Waals surface area contributed by atoms with Crippen LogP contribution in [0, 0.1) is 0 Å². The van der Waals surface area contributed by atoms with Gasteiger partial charge in [0.25, 0.3) is 0 Å². The van der Waals surface area contributed by atoms with Crippen LogP contribution in [-0.4, -0.2) is 59.9 Å². The van der Waals surface area contributed by atoms with Crippen molar-refractivity contribution in [2.75, 3.05) is 19.8 Å². The van der Waals surface area contributed by atoms with E-state index in [2.05, 4.69) is 67.0 Å². The van der Waals surface area contributed by atoms with Gasteiger partial charge < -0.3 is 25.2 Å². The number of phosphoric acid groups is 1. The highest BCUT2D eigenvalue weighted by Crippen LogP contribution is 2.43. The number of allylic oxidation sites excluding steroid dienone is 10. The fourth-order valence-electron chi connectivity index (χ4n) is 4.57. The summed E-state index contributed by atoms with van der Waals surface area (Å²) in [6, 6.07) is -1.53. The van der Waals surface area contributed by atoms with Crippen LogP contribution < -0.4 is 5.73 Å². The van der Waals surface area contributed by atoms with Crippen molar-refractivity contribution >= 4 is 25.7 Å². The number of carboxylic acids is 1. The van der Waals surface area contributed by atoms with Gasteiger partial charge in [-0.05, 0) is 51.4 Å². The van der Waals surface area contributed by atoms with Crippen LogP contribution in [0.2, 0.25) is 0 Å². The first-order chi connectivity index (χ1) is 24.6. The summed E-state index contributed by atoms with van der Waals surface area (Å²) in [7, 11) is -4.72. The first kappa shape index (κ1) is 48.2. The molecule has 0 radical (unpaired) electrons. The van der Waals surface area contributed by atoms with Crippen molar-refractivity contribution in [3.05, 3.63) is 60.8 Å². The number of carboxylic acid groups (broad SMARTS) is 1. The predicted molar refractivity (Wildman–Crippen MR) is 203 cm³/mol. The number of nitrogens with two attached hydrogens (primary N) is 1. The first-order valence-electron chi connectivity index (χ1n) is 18.8. The predicted octanol–water partition coefficient (Wildman–Crippen LogP) is 9.22. The van der Waals surface area contributed by atoms with Gasteiger partial charge in [-0.25, -0.2) is 4.57 Å². The van der Waals surface area contributed by atoms with E-state index in [1.807, 2.05) is 12.2 Å². The van der Waals surface area contributed by atoms with E-state index in [1.165, 1.54) is 38.5 Å². The SMILES string of the molecule is CC/C=C\C/C=C\C/C=C\C/C=C\C/C=C\CCCC(=O)OC(COC(=O)CCCCCCCCCCCC)COP(=O)(O)OCC(N)C(=O)O. The molecule has 0 rings (SSSR count). The maximum absolute atomic E-state index is 12.5. The van der Waals surface area contributed by atoms with Gasteiger partial charge in [0.15, 0.2) is 6.10 Å². The molecule has 0 aromatic rings. The summed E-state index contributed by atoms with van der Waals surface area (Å²) in [4.78, 5) is 45.7. The van der Waals surface area contributed by atoms with E-state index in [9.17, 15) is 23.8 Å². The smallest absolute Gasteiger partial charge is 0.472 e. The number of aliphatic carboxylic acids is 1. The Kier molecular flexibility index (Phi) is 32.4. The highest BCUT2D eigenvalue weighted by molar-refractivity contribution is 7.47. The Hall–Kier alpha value is -2.82. The number of carbonyl (C=O) groups is 3. The molecule has 3 unspecified atom stereocenters. The third-order valence-electron chi connectivity index (χ3n) is 7.53. The standard InChI is InChI=1S/C39H66NO10P/c1-3-5-7-9-11-13-15-16-17-18-19-20-21-23-25-27-29-31-38(42)50-35(33-48-51(45,46)49-34-36(40)39(43)44)32-47-37(41)30-28-26-24-22-14-12-10-8-6-4-2/h5,7,11,13,16-17,19-20,23,25,35-36H,3-4,6,8-10,12,14-15,18,21-22,24,26-34,40H2,1-2H3,(H,43,44)(H,45,46)/b7-5-,13-11-,17-16-,20-19-,25-23-. The lowest BCUT2D eigenvalue weighted by Gasteiger charge is -2.20. The number of hydrogen-bond acceptors (Lipinski definition) is 9. The topological polar surface area (TPSA) is 172 Å². The van der Waals surface area contributed by atoms with E-state index in [0.29, 0.717) is 19.3 Å². The number of phosphoric ester groups is 1. The Morgan fingerprint density at radius 3 is 1.63 bits per heavy atom. The highest BCUT2D eigenvalue weighted by atomic mass is 31.2. The van der Waals surface area contributed by atoms with E-state index >= 15 is 0 Å². The molecule has 12 heteroatoms. The molecule has 0 aliphatic rings. The van der Waals surface area contributed by atoms with Crippen LogP contribution >= 0.6 is 7.82 Å². The van der Waals surface area contributed by atoms with Gasteiger partial charge in [0, 0.05) is 12.8 Å². The molecule has 3 atom stereocenters. The van der Waals surface area contributed by atoms with Crippen molar-refractivity contribution in [2.45, 2.75) is 148 Å². The maximum Gasteiger partial charge on any atom is 0.472 e. The minimum atomic E-state index is -4.72. The van der Waals surface area contributed by atoms with Gasteiger partial charge >= 0.3 is 25.7 Å². The number of carbonyl (C=O) groups excluding carboxylic acids is 2. The minimum absolute atomic E-state index is 0.0815. The maximum atomic E-state index is 12.5. The summed E-state index contributed by atoms with van der Waals surface area (Å²) < 4.78 is 32.4. The van der Waals surface area contributed by atoms with Gasteiger partial charge in [-0.2, -0.15) is 0 Å². The zero-order valence-corrected chi connectivity index (χ0v) is 32.1. The number of ether oxygens (including phenoxy) is 2. The minimum Gasteiger partial charge on any atom is -0.480 e. The van der Waals surface area contributed by atoms with E-state index in [1.54, 1.807) is 0 Å². The summed E-state index contributed by atoms with van der Waals surface area (Å²) in [6.45, 7) is 2.58. The van der Waals surface area contributed by atoms with Gasteiger partial charge in [0.2, 0.25) is 0 Å². The molecule has 0 spiro atoms. The van der Waals surface area contributed by atoms with Crippen molar-refractivity contribution in [1.29, 1.82) is 0 Å². The van der Waals surface area contributed by atoms with Gasteiger partial charge in [-0.1, -0.05) is 132 Å². The Balaban J connectivity index is 4.56. The fraction of sp³-hybridized carbons (Fsp3) is 0.667. The second-order valence-electron chi connectivity index (χ2n) is 12.3. The molecule has 0 amide bonds. The molecule has 0 saturated carbocycles. The first-order valence-corrected chi connectivity index (χ1v) is 20.3. The molecule has 0 aliphatic carbocycles. The van der Waals surface area contributed by atoms with Crippen molar-refractivity contribution < 1.29 is 47.5 Å². The van der Waals surface area contributed by atoms with Gasteiger partial charge in [0.05, 0.1) is 13.2 Å². The lowest BCUT2D eigenvalue weighted by atomic mass is 10.1. The highest BCUT2D eigenvalue weighted by Gasteiger charge is 2.28. The molecule has 0 aromatic heterocycles.